The molecule has 1 fully saturated rings. The third-order valence-electron chi connectivity index (χ3n) is 5.00. The highest BCUT2D eigenvalue weighted by molar-refractivity contribution is 7.98. The molecule has 0 aliphatic carbocycles. The number of benzene rings is 2. The van der Waals surface area contributed by atoms with E-state index in [0.29, 0.717) is 18.8 Å². The van der Waals surface area contributed by atoms with E-state index in [1.54, 1.807) is 42.1 Å². The fraction of sp³-hybridized carbons (Fsp3) is 0.391. The lowest BCUT2D eigenvalue weighted by Crippen LogP contribution is -2.54. The van der Waals surface area contributed by atoms with Crippen LogP contribution in [0.25, 0.3) is 0 Å². The number of thioether (sulfide) groups is 1. The Morgan fingerprint density at radius 2 is 1.39 bits per heavy atom. The first-order chi connectivity index (χ1) is 14.6. The van der Waals surface area contributed by atoms with E-state index < -0.39 is 15.1 Å². The van der Waals surface area contributed by atoms with Crippen LogP contribution in [0.2, 0.25) is 0 Å². The summed E-state index contributed by atoms with van der Waals surface area (Å²) in [4.78, 5) is 27.3. The lowest BCUT2D eigenvalue weighted by atomic mass is 9.91. The fourth-order valence-electron chi connectivity index (χ4n) is 3.11. The van der Waals surface area contributed by atoms with Crippen molar-refractivity contribution in [2.45, 2.75) is 28.1 Å². The summed E-state index contributed by atoms with van der Waals surface area (Å²) < 4.78 is 3.50. The molecule has 0 aromatic heterocycles. The van der Waals surface area contributed by atoms with Crippen LogP contribution in [-0.2, 0) is 4.74 Å². The highest BCUT2D eigenvalue weighted by atomic mass is 35.6. The minimum atomic E-state index is -1.86. The van der Waals surface area contributed by atoms with Crippen molar-refractivity contribution in [2.24, 2.45) is 0 Å². The average molecular weight is 503 g/mol. The number of nitrogens with zero attached hydrogens (tertiary/aromatic N) is 1. The van der Waals surface area contributed by atoms with Crippen LogP contribution in [-0.4, -0.2) is 58.4 Å². The third-order valence-corrected chi connectivity index (χ3v) is 6.26. The predicted molar refractivity (Wildman–Crippen MR) is 130 cm³/mol. The summed E-state index contributed by atoms with van der Waals surface area (Å²) in [5.74, 6) is -0.324. The Morgan fingerprint density at radius 1 is 0.871 bits per heavy atom. The average Bonchev–Trinajstić information content (AvgIpc) is 2.79. The second-order valence-corrected chi connectivity index (χ2v) is 10.6. The first-order valence-corrected chi connectivity index (χ1v) is 12.1. The zero-order chi connectivity index (χ0) is 23.1. The van der Waals surface area contributed by atoms with Gasteiger partial charge >= 0.3 is 0 Å². The van der Waals surface area contributed by atoms with Crippen LogP contribution in [0.1, 0.15) is 34.6 Å². The summed E-state index contributed by atoms with van der Waals surface area (Å²) >= 11 is 17.9. The first-order valence-electron chi connectivity index (χ1n) is 9.75. The maximum absolute atomic E-state index is 12.7. The van der Waals surface area contributed by atoms with Crippen LogP contribution < -0.4 is 0 Å². The van der Waals surface area contributed by atoms with Gasteiger partial charge in [-0.1, -0.05) is 77.3 Å². The number of morpholine rings is 1. The molecule has 3 rings (SSSR count). The highest BCUT2D eigenvalue weighted by Crippen LogP contribution is 2.30. The third kappa shape index (κ3) is 7.48. The molecule has 0 bridgehead atoms. The van der Waals surface area contributed by atoms with E-state index in [-0.39, 0.29) is 5.78 Å². The lowest BCUT2D eigenvalue weighted by Gasteiger charge is -2.39. The molecule has 4 nitrogen and oxygen atoms in total. The Bertz CT molecular complexity index is 862. The van der Waals surface area contributed by atoms with E-state index in [9.17, 15) is 9.59 Å². The minimum Gasteiger partial charge on any atom is -0.379 e. The molecule has 2 aromatic rings. The van der Waals surface area contributed by atoms with Crippen LogP contribution >= 0.6 is 46.6 Å². The summed E-state index contributed by atoms with van der Waals surface area (Å²) in [5, 5.41) is 0. The summed E-state index contributed by atoms with van der Waals surface area (Å²) in [6.07, 6.45) is 2.04. The van der Waals surface area contributed by atoms with Crippen molar-refractivity contribution in [3.05, 3.63) is 65.7 Å². The van der Waals surface area contributed by atoms with Crippen molar-refractivity contribution >= 4 is 58.1 Å². The van der Waals surface area contributed by atoms with E-state index in [1.807, 2.05) is 44.4 Å². The predicted octanol–water partition coefficient (Wildman–Crippen LogP) is 5.94. The number of ketones is 2. The molecule has 0 amide bonds. The van der Waals surface area contributed by atoms with Crippen molar-refractivity contribution in [3.8, 4) is 0 Å². The maximum Gasteiger partial charge on any atom is 0.253 e. The molecule has 0 atom stereocenters. The van der Waals surface area contributed by atoms with Gasteiger partial charge in [-0.2, -0.15) is 0 Å². The Morgan fingerprint density at radius 3 is 1.87 bits per heavy atom. The molecule has 1 aliphatic rings. The standard InChI is InChI=1S/C15H21NO2S.C8H5Cl3O/c1-15(2,16-8-10-18-11-9-16)14(17)12-4-6-13(19-3)7-5-12;9-8(10,11)7(12)6-4-2-1-3-5-6/h4-7H,8-11H2,1-3H3;1-5H. The number of halogens is 3. The quantitative estimate of drug-likeness (QED) is 0.287. The highest BCUT2D eigenvalue weighted by Gasteiger charge is 2.35. The minimum absolute atomic E-state index is 0.182. The lowest BCUT2D eigenvalue weighted by molar-refractivity contribution is -0.00430. The van der Waals surface area contributed by atoms with Gasteiger partial charge in [0.15, 0.2) is 5.78 Å². The van der Waals surface area contributed by atoms with E-state index in [2.05, 4.69) is 4.90 Å². The first kappa shape index (κ1) is 26.2. The Balaban J connectivity index is 0.000000245. The van der Waals surface area contributed by atoms with Crippen molar-refractivity contribution in [3.63, 3.8) is 0 Å². The van der Waals surface area contributed by atoms with Gasteiger partial charge in [0, 0.05) is 29.1 Å². The van der Waals surface area contributed by atoms with E-state index in [0.717, 1.165) is 18.7 Å². The molecule has 0 unspecified atom stereocenters. The van der Waals surface area contributed by atoms with Gasteiger partial charge in [0.2, 0.25) is 5.78 Å². The van der Waals surface area contributed by atoms with Crippen LogP contribution in [0.15, 0.2) is 59.5 Å². The summed E-state index contributed by atoms with van der Waals surface area (Å²) in [5.41, 5.74) is 0.719. The molecule has 0 spiro atoms. The summed E-state index contributed by atoms with van der Waals surface area (Å²) in [7, 11) is 0. The molecule has 0 radical (unpaired) electrons. The second-order valence-electron chi connectivity index (χ2n) is 7.41. The van der Waals surface area contributed by atoms with Gasteiger partial charge in [-0.05, 0) is 32.2 Å². The number of Topliss-reactive ketones (excluding diaryl/α,β-unsaturated/α-hetero) is 2. The van der Waals surface area contributed by atoms with Gasteiger partial charge in [-0.3, -0.25) is 14.5 Å². The molecule has 8 heteroatoms. The maximum atomic E-state index is 12.7. The molecule has 31 heavy (non-hydrogen) atoms. The molecular formula is C23H26Cl3NO3S. The monoisotopic (exact) mass is 501 g/mol. The molecule has 1 aliphatic heterocycles. The van der Waals surface area contributed by atoms with Gasteiger partial charge in [-0.25, -0.2) is 0 Å². The van der Waals surface area contributed by atoms with E-state index in [1.165, 1.54) is 4.90 Å². The van der Waals surface area contributed by atoms with Crippen LogP contribution in [0.3, 0.4) is 0 Å². The van der Waals surface area contributed by atoms with E-state index >= 15 is 0 Å². The summed E-state index contributed by atoms with van der Waals surface area (Å²) in [6.45, 7) is 7.07. The number of hydrogen-bond acceptors (Lipinski definition) is 5. The Kier molecular flexibility index (Phi) is 9.87. The molecule has 0 N–H and O–H groups in total. The number of alkyl halides is 3. The number of hydrogen-bond donors (Lipinski definition) is 0. The molecule has 0 saturated carbocycles. The van der Waals surface area contributed by atoms with Crippen molar-refractivity contribution in [2.75, 3.05) is 32.6 Å². The van der Waals surface area contributed by atoms with Crippen LogP contribution in [0.4, 0.5) is 0 Å². The van der Waals surface area contributed by atoms with Gasteiger partial charge in [0.05, 0.1) is 18.8 Å². The number of carbonyl (C=O) groups is 2. The van der Waals surface area contributed by atoms with Crippen LogP contribution in [0, 0.1) is 0 Å². The van der Waals surface area contributed by atoms with Crippen molar-refractivity contribution < 1.29 is 14.3 Å². The zero-order valence-corrected chi connectivity index (χ0v) is 20.8. The molecule has 1 saturated heterocycles. The van der Waals surface area contributed by atoms with Gasteiger partial charge in [0.25, 0.3) is 3.79 Å². The Hall–Kier alpha value is -1.08. The van der Waals surface area contributed by atoms with E-state index in [4.69, 9.17) is 39.5 Å². The normalized spacial score (nSPS) is 15.0. The smallest absolute Gasteiger partial charge is 0.253 e. The van der Waals surface area contributed by atoms with Crippen molar-refractivity contribution in [1.29, 1.82) is 0 Å². The molecule has 1 heterocycles. The largest absolute Gasteiger partial charge is 0.379 e. The number of carbonyl (C=O) groups excluding carboxylic acids is 2. The number of rotatable bonds is 5. The number of ether oxygens (including phenoxy) is 1. The van der Waals surface area contributed by atoms with Gasteiger partial charge in [0.1, 0.15) is 0 Å². The topological polar surface area (TPSA) is 46.6 Å². The summed E-state index contributed by atoms with van der Waals surface area (Å²) in [6, 6.07) is 16.3. The van der Waals surface area contributed by atoms with Crippen molar-refractivity contribution in [1.82, 2.24) is 4.90 Å². The molecule has 168 valence electrons. The van der Waals surface area contributed by atoms with Gasteiger partial charge < -0.3 is 4.74 Å². The Labute approximate surface area is 203 Å². The molecule has 2 aromatic carbocycles. The SMILES string of the molecule is CSc1ccc(C(=O)C(C)(C)N2CCOCC2)cc1.O=C(c1ccccc1)C(Cl)(Cl)Cl. The second kappa shape index (κ2) is 11.7. The fourth-order valence-corrected chi connectivity index (χ4v) is 3.85. The van der Waals surface area contributed by atoms with Crippen LogP contribution in [0.5, 0.6) is 0 Å². The van der Waals surface area contributed by atoms with Gasteiger partial charge in [-0.15, -0.1) is 11.8 Å². The zero-order valence-electron chi connectivity index (χ0n) is 17.7. The molecular weight excluding hydrogens is 477 g/mol.